The highest BCUT2D eigenvalue weighted by molar-refractivity contribution is 9.10. The van der Waals surface area contributed by atoms with E-state index < -0.39 is 0 Å². The molecule has 0 aromatic carbocycles. The quantitative estimate of drug-likeness (QED) is 0.664. The van der Waals surface area contributed by atoms with Gasteiger partial charge in [-0.05, 0) is 15.9 Å². The van der Waals surface area contributed by atoms with E-state index in [1.165, 1.54) is 0 Å². The molecule has 1 aromatic heterocycles. The van der Waals surface area contributed by atoms with E-state index in [9.17, 15) is 0 Å². The molecule has 0 N–H and O–H groups in total. The van der Waals surface area contributed by atoms with Crippen molar-refractivity contribution in [3.63, 3.8) is 0 Å². The van der Waals surface area contributed by atoms with Crippen molar-refractivity contribution in [2.24, 2.45) is 0 Å². The van der Waals surface area contributed by atoms with Gasteiger partial charge in [-0.25, -0.2) is 4.98 Å². The van der Waals surface area contributed by atoms with Crippen molar-refractivity contribution in [1.82, 2.24) is 9.97 Å². The minimum atomic E-state index is 0.0626. The summed E-state index contributed by atoms with van der Waals surface area (Å²) in [5.74, 6) is 0. The first kappa shape index (κ1) is 8.65. The van der Waals surface area contributed by atoms with Crippen LogP contribution in [0.1, 0.15) is 26.5 Å². The van der Waals surface area contributed by atoms with Crippen LogP contribution in [0.5, 0.6) is 0 Å². The molecule has 0 fully saturated rings. The first-order valence-corrected chi connectivity index (χ1v) is 4.28. The molecular weight excluding hydrogens is 204 g/mol. The van der Waals surface area contributed by atoms with Crippen LogP contribution in [0.3, 0.4) is 0 Å². The Morgan fingerprint density at radius 1 is 1.18 bits per heavy atom. The Morgan fingerprint density at radius 3 is 2.09 bits per heavy atom. The molecule has 0 aliphatic rings. The van der Waals surface area contributed by atoms with E-state index in [-0.39, 0.29) is 5.41 Å². The minimum Gasteiger partial charge on any atom is -0.256 e. The van der Waals surface area contributed by atoms with E-state index >= 15 is 0 Å². The van der Waals surface area contributed by atoms with Gasteiger partial charge in [-0.1, -0.05) is 20.8 Å². The Hall–Kier alpha value is -0.440. The lowest BCUT2D eigenvalue weighted by molar-refractivity contribution is 0.561. The van der Waals surface area contributed by atoms with Gasteiger partial charge < -0.3 is 0 Å². The van der Waals surface area contributed by atoms with Gasteiger partial charge in [0.1, 0.15) is 4.60 Å². The van der Waals surface area contributed by atoms with Crippen molar-refractivity contribution >= 4 is 15.9 Å². The monoisotopic (exact) mass is 214 g/mol. The van der Waals surface area contributed by atoms with E-state index in [0.29, 0.717) is 0 Å². The largest absolute Gasteiger partial charge is 0.256 e. The van der Waals surface area contributed by atoms with Crippen LogP contribution in [-0.4, -0.2) is 9.97 Å². The molecule has 0 unspecified atom stereocenters. The fourth-order valence-electron chi connectivity index (χ4n) is 0.824. The van der Waals surface area contributed by atoms with Gasteiger partial charge in [-0.3, -0.25) is 4.98 Å². The van der Waals surface area contributed by atoms with Crippen LogP contribution in [0.25, 0.3) is 0 Å². The van der Waals surface area contributed by atoms with Gasteiger partial charge in [-0.15, -0.1) is 0 Å². The molecule has 0 aliphatic heterocycles. The van der Waals surface area contributed by atoms with E-state index in [1.54, 1.807) is 12.4 Å². The second-order valence-electron chi connectivity index (χ2n) is 3.45. The highest BCUT2D eigenvalue weighted by Gasteiger charge is 2.18. The first-order valence-electron chi connectivity index (χ1n) is 3.49. The number of aromatic nitrogens is 2. The Morgan fingerprint density at radius 2 is 1.73 bits per heavy atom. The van der Waals surface area contributed by atoms with Gasteiger partial charge >= 0.3 is 0 Å². The SMILES string of the molecule is CC(C)(C)c1nccnc1Br. The number of hydrogen-bond donors (Lipinski definition) is 0. The highest BCUT2D eigenvalue weighted by atomic mass is 79.9. The van der Waals surface area contributed by atoms with Crippen LogP contribution in [0.15, 0.2) is 17.0 Å². The Labute approximate surface area is 75.2 Å². The van der Waals surface area contributed by atoms with Gasteiger partial charge in [-0.2, -0.15) is 0 Å². The summed E-state index contributed by atoms with van der Waals surface area (Å²) in [7, 11) is 0. The molecule has 0 saturated carbocycles. The van der Waals surface area contributed by atoms with Crippen LogP contribution in [-0.2, 0) is 5.41 Å². The maximum atomic E-state index is 4.24. The molecule has 0 bridgehead atoms. The molecule has 1 heterocycles. The van der Waals surface area contributed by atoms with E-state index in [1.807, 2.05) is 0 Å². The second kappa shape index (κ2) is 2.89. The summed E-state index contributed by atoms with van der Waals surface area (Å²) in [6.45, 7) is 6.34. The molecule has 0 atom stereocenters. The molecule has 0 saturated heterocycles. The van der Waals surface area contributed by atoms with Crippen LogP contribution in [0, 0.1) is 0 Å². The van der Waals surface area contributed by atoms with Gasteiger partial charge in [0.2, 0.25) is 0 Å². The average molecular weight is 215 g/mol. The maximum absolute atomic E-state index is 4.24. The molecule has 11 heavy (non-hydrogen) atoms. The molecule has 0 aliphatic carbocycles. The molecule has 2 nitrogen and oxygen atoms in total. The third kappa shape index (κ3) is 1.99. The predicted molar refractivity (Wildman–Crippen MR) is 48.4 cm³/mol. The summed E-state index contributed by atoms with van der Waals surface area (Å²) in [5.41, 5.74) is 1.06. The summed E-state index contributed by atoms with van der Waals surface area (Å²) < 4.78 is 0.840. The first-order chi connectivity index (χ1) is 5.02. The van der Waals surface area contributed by atoms with Gasteiger partial charge in [0.15, 0.2) is 0 Å². The number of nitrogens with zero attached hydrogens (tertiary/aromatic N) is 2. The van der Waals surface area contributed by atoms with Crippen molar-refractivity contribution in [2.75, 3.05) is 0 Å². The van der Waals surface area contributed by atoms with Crippen LogP contribution in [0.4, 0.5) is 0 Å². The zero-order valence-corrected chi connectivity index (χ0v) is 8.51. The van der Waals surface area contributed by atoms with Crippen molar-refractivity contribution in [3.8, 4) is 0 Å². The fraction of sp³-hybridized carbons (Fsp3) is 0.500. The molecule has 0 spiro atoms. The van der Waals surface area contributed by atoms with E-state index in [0.717, 1.165) is 10.3 Å². The zero-order valence-electron chi connectivity index (χ0n) is 6.93. The fourth-order valence-corrected chi connectivity index (χ4v) is 1.64. The topological polar surface area (TPSA) is 25.8 Å². The van der Waals surface area contributed by atoms with Gasteiger partial charge in [0, 0.05) is 17.8 Å². The predicted octanol–water partition coefficient (Wildman–Crippen LogP) is 2.54. The van der Waals surface area contributed by atoms with Crippen molar-refractivity contribution < 1.29 is 0 Å². The third-order valence-electron chi connectivity index (χ3n) is 1.36. The molecule has 1 aromatic rings. The summed E-state index contributed by atoms with van der Waals surface area (Å²) >= 11 is 3.36. The standard InChI is InChI=1S/C8H11BrN2/c1-8(2,3)6-7(9)11-5-4-10-6/h4-5H,1-3H3. The minimum absolute atomic E-state index is 0.0626. The molecule has 0 radical (unpaired) electrons. The lowest BCUT2D eigenvalue weighted by Gasteiger charge is -2.17. The average Bonchev–Trinajstić information content (AvgIpc) is 1.86. The maximum Gasteiger partial charge on any atom is 0.128 e. The van der Waals surface area contributed by atoms with Crippen LogP contribution < -0.4 is 0 Å². The zero-order chi connectivity index (χ0) is 8.48. The van der Waals surface area contributed by atoms with Crippen LogP contribution >= 0.6 is 15.9 Å². The lowest BCUT2D eigenvalue weighted by Crippen LogP contribution is -2.14. The normalized spacial score (nSPS) is 11.6. The summed E-state index contributed by atoms with van der Waals surface area (Å²) in [6.07, 6.45) is 3.39. The van der Waals surface area contributed by atoms with Crippen molar-refractivity contribution in [1.29, 1.82) is 0 Å². The third-order valence-corrected chi connectivity index (χ3v) is 1.94. The number of rotatable bonds is 0. The Balaban J connectivity index is 3.14. The summed E-state index contributed by atoms with van der Waals surface area (Å²) in [4.78, 5) is 8.34. The van der Waals surface area contributed by atoms with Crippen molar-refractivity contribution in [2.45, 2.75) is 26.2 Å². The summed E-state index contributed by atoms with van der Waals surface area (Å²) in [5, 5.41) is 0. The van der Waals surface area contributed by atoms with Crippen molar-refractivity contribution in [3.05, 3.63) is 22.7 Å². The molecule has 60 valence electrons. The Bertz CT molecular complexity index is 253. The number of halogens is 1. The number of hydrogen-bond acceptors (Lipinski definition) is 2. The molecule has 0 amide bonds. The van der Waals surface area contributed by atoms with Crippen LogP contribution in [0.2, 0.25) is 0 Å². The Kier molecular flexibility index (Phi) is 2.28. The van der Waals surface area contributed by atoms with Gasteiger partial charge in [0.25, 0.3) is 0 Å². The lowest BCUT2D eigenvalue weighted by atomic mass is 9.93. The van der Waals surface area contributed by atoms with E-state index in [4.69, 9.17) is 0 Å². The molecule has 3 heteroatoms. The van der Waals surface area contributed by atoms with Gasteiger partial charge in [0.05, 0.1) is 5.69 Å². The smallest absolute Gasteiger partial charge is 0.128 e. The molecule has 1 rings (SSSR count). The van der Waals surface area contributed by atoms with E-state index in [2.05, 4.69) is 46.7 Å². The molecular formula is C8H11BrN2. The highest BCUT2D eigenvalue weighted by Crippen LogP contribution is 2.24. The second-order valence-corrected chi connectivity index (χ2v) is 4.20. The summed E-state index contributed by atoms with van der Waals surface area (Å²) in [6, 6.07) is 0.